The molecule has 19 rings (SSSR count). The molecule has 0 aliphatic carbocycles. The van der Waals surface area contributed by atoms with Crippen molar-refractivity contribution in [3.8, 4) is 11.4 Å². The molecule has 0 fully saturated rings. The summed E-state index contributed by atoms with van der Waals surface area (Å²) in [6.07, 6.45) is 0. The maximum atomic E-state index is 7.19. The predicted molar refractivity (Wildman–Crippen MR) is 342 cm³/mol. The average molecular weight is 1060 g/mol. The monoisotopic (exact) mass is 1060 g/mol. The lowest BCUT2D eigenvalue weighted by Crippen LogP contribution is -2.58. The number of furan rings is 1. The van der Waals surface area contributed by atoms with Crippen molar-refractivity contribution in [1.29, 1.82) is 0 Å². The Morgan fingerprint density at radius 1 is 0.296 bits per heavy atom. The summed E-state index contributed by atoms with van der Waals surface area (Å²) in [5.41, 5.74) is 24.0. The van der Waals surface area contributed by atoms with E-state index in [-0.39, 0.29) is 13.4 Å². The van der Waals surface area contributed by atoms with Crippen LogP contribution in [0.15, 0.2) is 279 Å². The Balaban J connectivity index is 0.840. The molecule has 7 heterocycles. The van der Waals surface area contributed by atoms with Crippen molar-refractivity contribution in [2.24, 2.45) is 0 Å². The lowest BCUT2D eigenvalue weighted by molar-refractivity contribution is 0.667. The highest BCUT2D eigenvalue weighted by molar-refractivity contribution is 8.00. The molecule has 4 aliphatic rings. The van der Waals surface area contributed by atoms with E-state index in [4.69, 9.17) is 4.42 Å². The SMILES string of the molecule is c1ccc(N(c2ccccc2)c2cc3c4c(c2)-n2c5ccccc5c5cccc(c52)B4c2cc4c(cc2S3)oc2cc3c(cc24)B2c4c(cc(N(c5ccccc5)c5ccccc5)cc4-n4c5ccccc5c5cccc2c54)S3)cc1. The van der Waals surface area contributed by atoms with Gasteiger partial charge in [-0.05, 0) is 119 Å². The molecule has 0 amide bonds. The third-order valence-electron chi connectivity index (χ3n) is 17.7. The van der Waals surface area contributed by atoms with Crippen LogP contribution in [0.25, 0.3) is 76.9 Å². The molecule has 15 aromatic rings. The number of rotatable bonds is 6. The summed E-state index contributed by atoms with van der Waals surface area (Å²) in [5, 5.41) is 7.41. The van der Waals surface area contributed by atoms with Crippen LogP contribution in [0.2, 0.25) is 0 Å². The van der Waals surface area contributed by atoms with Crippen molar-refractivity contribution in [2.75, 3.05) is 9.80 Å². The fourth-order valence-electron chi connectivity index (χ4n) is 14.5. The molecule has 4 aliphatic heterocycles. The molecule has 5 nitrogen and oxygen atoms in total. The first-order valence-electron chi connectivity index (χ1n) is 27.8. The van der Waals surface area contributed by atoms with Gasteiger partial charge in [0.15, 0.2) is 0 Å². The summed E-state index contributed by atoms with van der Waals surface area (Å²) in [4.78, 5) is 9.79. The van der Waals surface area contributed by atoms with E-state index in [0.717, 1.165) is 56.1 Å². The van der Waals surface area contributed by atoms with E-state index < -0.39 is 0 Å². The van der Waals surface area contributed by atoms with Crippen LogP contribution in [-0.4, -0.2) is 22.6 Å². The molecule has 0 saturated carbocycles. The Morgan fingerprint density at radius 2 is 0.667 bits per heavy atom. The molecular weight excluding hydrogens is 1020 g/mol. The molecule has 0 unspecified atom stereocenters. The van der Waals surface area contributed by atoms with Crippen LogP contribution >= 0.6 is 23.5 Å². The molecule has 0 radical (unpaired) electrons. The van der Waals surface area contributed by atoms with Gasteiger partial charge in [0.1, 0.15) is 11.2 Å². The number of aromatic nitrogens is 2. The smallest absolute Gasteiger partial charge is 0.249 e. The van der Waals surface area contributed by atoms with Gasteiger partial charge in [-0.1, -0.05) is 192 Å². The fraction of sp³-hybridized carbons (Fsp3) is 0. The van der Waals surface area contributed by atoms with Crippen molar-refractivity contribution in [3.05, 3.63) is 255 Å². The van der Waals surface area contributed by atoms with Crippen LogP contribution in [0.3, 0.4) is 0 Å². The van der Waals surface area contributed by atoms with Gasteiger partial charge < -0.3 is 23.4 Å². The second-order valence-corrected chi connectivity index (χ2v) is 24.1. The number of hydrogen-bond donors (Lipinski definition) is 0. The molecular formula is C72H42B2N4OS2. The lowest BCUT2D eigenvalue weighted by Gasteiger charge is -2.35. The number of benzene rings is 12. The summed E-state index contributed by atoms with van der Waals surface area (Å²) in [5.74, 6) is 0. The van der Waals surface area contributed by atoms with E-state index in [2.05, 4.69) is 274 Å². The summed E-state index contributed by atoms with van der Waals surface area (Å²) in [7, 11) is 0. The highest BCUT2D eigenvalue weighted by Gasteiger charge is 2.43. The van der Waals surface area contributed by atoms with Gasteiger partial charge in [0, 0.05) is 108 Å². The molecule has 374 valence electrons. The highest BCUT2D eigenvalue weighted by Crippen LogP contribution is 2.48. The Labute approximate surface area is 475 Å². The molecule has 12 aromatic carbocycles. The second-order valence-electron chi connectivity index (χ2n) is 21.9. The first kappa shape index (κ1) is 44.3. The van der Waals surface area contributed by atoms with E-state index >= 15 is 0 Å². The standard InChI is InChI=1S/C72H42B2N4OS2/c1-5-19-43(20-6-1)75(44-21-7-2-8-22-44)47-35-61-69-67(37-47)80-65-41-63-53(39-57(65)73(69)55-31-17-29-51-49-27-13-15-33-59(49)77(61)71(51)55)54-40-58-66(42-64(54)79-63)81-68-38-48(76(45-23-9-3-10-24-45)46-25-11-4-12-26-46)36-62-70(68)74(58)56-32-18-30-52-50-28-14-16-34-60(50)78(62)72(52)56/h1-42H. The Kier molecular flexibility index (Phi) is 9.04. The number of para-hydroxylation sites is 8. The summed E-state index contributed by atoms with van der Waals surface area (Å²) >= 11 is 3.76. The zero-order chi connectivity index (χ0) is 52.6. The first-order chi connectivity index (χ1) is 40.2. The topological polar surface area (TPSA) is 29.5 Å². The molecule has 0 bridgehead atoms. The average Bonchev–Trinajstić information content (AvgIpc) is 2.23. The van der Waals surface area contributed by atoms with Gasteiger partial charge in [-0.15, -0.1) is 0 Å². The lowest BCUT2D eigenvalue weighted by atomic mass is 9.35. The largest absolute Gasteiger partial charge is 0.456 e. The van der Waals surface area contributed by atoms with Crippen molar-refractivity contribution < 1.29 is 4.42 Å². The van der Waals surface area contributed by atoms with Gasteiger partial charge in [-0.2, -0.15) is 0 Å². The number of nitrogens with zero attached hydrogens (tertiary/aromatic N) is 4. The summed E-state index contributed by atoms with van der Waals surface area (Å²) in [6, 6.07) is 94.5. The maximum Gasteiger partial charge on any atom is 0.249 e. The number of hydrogen-bond acceptors (Lipinski definition) is 5. The Bertz CT molecular complexity index is 4810. The van der Waals surface area contributed by atoms with Gasteiger partial charge in [-0.3, -0.25) is 0 Å². The Morgan fingerprint density at radius 3 is 1.07 bits per heavy atom. The van der Waals surface area contributed by atoms with E-state index in [1.54, 1.807) is 0 Å². The third-order valence-corrected chi connectivity index (χ3v) is 20.0. The molecule has 0 spiro atoms. The minimum atomic E-state index is -0.00178. The van der Waals surface area contributed by atoms with Crippen LogP contribution in [0, 0.1) is 0 Å². The molecule has 0 N–H and O–H groups in total. The normalized spacial score (nSPS) is 13.3. The zero-order valence-electron chi connectivity index (χ0n) is 43.4. The maximum absolute atomic E-state index is 7.19. The zero-order valence-corrected chi connectivity index (χ0v) is 45.1. The van der Waals surface area contributed by atoms with Gasteiger partial charge in [-0.25, -0.2) is 0 Å². The molecule has 3 aromatic heterocycles. The number of fused-ring (bicyclic) bond motifs is 17. The highest BCUT2D eigenvalue weighted by atomic mass is 32.2. The van der Waals surface area contributed by atoms with Gasteiger partial charge >= 0.3 is 0 Å². The van der Waals surface area contributed by atoms with E-state index in [1.165, 1.54) is 107 Å². The van der Waals surface area contributed by atoms with Crippen LogP contribution in [0.5, 0.6) is 0 Å². The summed E-state index contributed by atoms with van der Waals surface area (Å²) < 4.78 is 12.3. The number of anilines is 6. The minimum Gasteiger partial charge on any atom is -0.456 e. The van der Waals surface area contributed by atoms with Gasteiger partial charge in [0.2, 0.25) is 13.4 Å². The molecule has 9 heteroatoms. The first-order valence-corrected chi connectivity index (χ1v) is 29.4. The van der Waals surface area contributed by atoms with Crippen LogP contribution in [-0.2, 0) is 0 Å². The molecule has 81 heavy (non-hydrogen) atoms. The Hall–Kier alpha value is -9.53. The minimum absolute atomic E-state index is 0.00178. The van der Waals surface area contributed by atoms with Crippen molar-refractivity contribution >= 4 is 169 Å². The van der Waals surface area contributed by atoms with E-state index in [0.29, 0.717) is 0 Å². The van der Waals surface area contributed by atoms with Crippen molar-refractivity contribution in [1.82, 2.24) is 9.13 Å². The van der Waals surface area contributed by atoms with E-state index in [1.807, 2.05) is 23.5 Å². The quantitative estimate of drug-likeness (QED) is 0.155. The van der Waals surface area contributed by atoms with Crippen LogP contribution in [0.4, 0.5) is 34.1 Å². The van der Waals surface area contributed by atoms with Crippen LogP contribution < -0.4 is 42.6 Å². The summed E-state index contributed by atoms with van der Waals surface area (Å²) in [6.45, 7) is -0.00355. The third kappa shape index (κ3) is 6.11. The van der Waals surface area contributed by atoms with E-state index in [9.17, 15) is 0 Å². The fourth-order valence-corrected chi connectivity index (χ4v) is 16.9. The predicted octanol–water partition coefficient (Wildman–Crippen LogP) is 15.3. The van der Waals surface area contributed by atoms with Gasteiger partial charge in [0.25, 0.3) is 0 Å². The van der Waals surface area contributed by atoms with Gasteiger partial charge in [0.05, 0.1) is 11.0 Å². The van der Waals surface area contributed by atoms with Crippen molar-refractivity contribution in [3.63, 3.8) is 0 Å². The van der Waals surface area contributed by atoms with Crippen LogP contribution in [0.1, 0.15) is 0 Å². The molecule has 0 saturated heterocycles. The second kappa shape index (κ2) is 16.5. The molecule has 0 atom stereocenters. The van der Waals surface area contributed by atoms with Crippen molar-refractivity contribution in [2.45, 2.75) is 19.6 Å².